The van der Waals surface area contributed by atoms with Crippen molar-refractivity contribution in [1.82, 2.24) is 9.88 Å². The molecule has 0 aliphatic carbocycles. The fourth-order valence-electron chi connectivity index (χ4n) is 2.39. The Bertz CT molecular complexity index is 466. The van der Waals surface area contributed by atoms with Crippen LogP contribution in [0.1, 0.15) is 49.0 Å². The first-order valence-electron chi connectivity index (χ1n) is 5.98. The molecule has 0 bridgehead atoms. The van der Waals surface area contributed by atoms with E-state index >= 15 is 0 Å². The van der Waals surface area contributed by atoms with Crippen molar-refractivity contribution in [1.29, 1.82) is 0 Å². The van der Waals surface area contributed by atoms with Gasteiger partial charge < -0.3 is 14.4 Å². The Labute approximate surface area is 105 Å². The Morgan fingerprint density at radius 1 is 1.56 bits per heavy atom. The van der Waals surface area contributed by atoms with Crippen LogP contribution in [0.2, 0.25) is 0 Å². The van der Waals surface area contributed by atoms with Gasteiger partial charge in [0.15, 0.2) is 17.8 Å². The molecule has 1 unspecified atom stereocenters. The van der Waals surface area contributed by atoms with Gasteiger partial charge in [0.25, 0.3) is 0 Å². The number of carbonyl (C=O) groups is 2. The molecule has 1 aromatic rings. The van der Waals surface area contributed by atoms with Crippen LogP contribution in [0.25, 0.3) is 0 Å². The van der Waals surface area contributed by atoms with Crippen molar-refractivity contribution >= 4 is 11.9 Å². The predicted octanol–water partition coefficient (Wildman–Crippen LogP) is 1.69. The van der Waals surface area contributed by atoms with E-state index in [9.17, 15) is 9.59 Å². The molecule has 0 radical (unpaired) electrons. The molecule has 1 fully saturated rings. The van der Waals surface area contributed by atoms with E-state index in [1.165, 1.54) is 0 Å². The minimum atomic E-state index is -1.13. The Balaban J connectivity index is 2.38. The molecule has 98 valence electrons. The molecule has 0 saturated carbocycles. The molecule has 1 aliphatic rings. The fourth-order valence-corrected chi connectivity index (χ4v) is 2.39. The number of hydrogen-bond acceptors (Lipinski definition) is 4. The van der Waals surface area contributed by atoms with Crippen molar-refractivity contribution in [2.45, 2.75) is 32.7 Å². The highest BCUT2D eigenvalue weighted by molar-refractivity contribution is 5.87. The molecule has 0 spiro atoms. The summed E-state index contributed by atoms with van der Waals surface area (Å²) in [6.07, 6.45) is 2.44. The van der Waals surface area contributed by atoms with Gasteiger partial charge >= 0.3 is 5.97 Å². The average molecular weight is 252 g/mol. The third kappa shape index (κ3) is 2.10. The molecule has 6 heteroatoms. The molecular weight excluding hydrogens is 236 g/mol. The van der Waals surface area contributed by atoms with Crippen LogP contribution >= 0.6 is 0 Å². The quantitative estimate of drug-likeness (QED) is 0.881. The topological polar surface area (TPSA) is 83.6 Å². The first-order valence-corrected chi connectivity index (χ1v) is 5.98. The summed E-state index contributed by atoms with van der Waals surface area (Å²) in [7, 11) is 0. The summed E-state index contributed by atoms with van der Waals surface area (Å²) in [5, 5.41) is 9.07. The molecule has 1 atom stereocenters. The molecule has 2 rings (SSSR count). The lowest BCUT2D eigenvalue weighted by Crippen LogP contribution is -2.33. The van der Waals surface area contributed by atoms with Crippen LogP contribution in [0.4, 0.5) is 0 Å². The number of amides is 1. The molecule has 1 aromatic heterocycles. The maximum atomic E-state index is 11.8. The summed E-state index contributed by atoms with van der Waals surface area (Å²) in [5.41, 5.74) is -0.103. The van der Waals surface area contributed by atoms with E-state index in [1.807, 2.05) is 13.8 Å². The van der Waals surface area contributed by atoms with Crippen molar-refractivity contribution in [2.24, 2.45) is 5.92 Å². The Morgan fingerprint density at radius 3 is 2.78 bits per heavy atom. The Morgan fingerprint density at radius 2 is 2.28 bits per heavy atom. The molecule has 1 N–H and O–H groups in total. The molecule has 6 nitrogen and oxygen atoms in total. The summed E-state index contributed by atoms with van der Waals surface area (Å²) in [6, 6.07) is -0.353. The SMILES string of the molecule is CC(C)C(c1ocnc1C(=O)O)N1CCCC1=O. The lowest BCUT2D eigenvalue weighted by Gasteiger charge is -2.29. The largest absolute Gasteiger partial charge is 0.476 e. The van der Waals surface area contributed by atoms with Crippen LogP contribution in [-0.4, -0.2) is 33.4 Å². The van der Waals surface area contributed by atoms with Crippen LogP contribution in [0.3, 0.4) is 0 Å². The highest BCUT2D eigenvalue weighted by atomic mass is 16.4. The Hall–Kier alpha value is -1.85. The third-order valence-electron chi connectivity index (χ3n) is 3.14. The normalized spacial score (nSPS) is 17.5. The number of carboxylic acids is 1. The van der Waals surface area contributed by atoms with Gasteiger partial charge in [-0.05, 0) is 12.3 Å². The third-order valence-corrected chi connectivity index (χ3v) is 3.14. The summed E-state index contributed by atoms with van der Waals surface area (Å²) in [6.45, 7) is 4.51. The van der Waals surface area contributed by atoms with Gasteiger partial charge in [-0.25, -0.2) is 9.78 Å². The van der Waals surface area contributed by atoms with E-state index in [2.05, 4.69) is 4.98 Å². The summed E-state index contributed by atoms with van der Waals surface area (Å²) < 4.78 is 5.22. The van der Waals surface area contributed by atoms with Gasteiger partial charge in [0, 0.05) is 13.0 Å². The standard InChI is InChI=1S/C12H16N2O4/c1-7(2)10(14-5-3-4-8(14)15)11-9(12(16)17)13-6-18-11/h6-7,10H,3-5H2,1-2H3,(H,16,17). The highest BCUT2D eigenvalue weighted by Crippen LogP contribution is 2.33. The van der Waals surface area contributed by atoms with E-state index in [0.29, 0.717) is 13.0 Å². The zero-order valence-electron chi connectivity index (χ0n) is 10.4. The number of nitrogens with zero attached hydrogens (tertiary/aromatic N) is 2. The smallest absolute Gasteiger partial charge is 0.358 e. The van der Waals surface area contributed by atoms with E-state index < -0.39 is 5.97 Å². The van der Waals surface area contributed by atoms with Crippen molar-refractivity contribution in [3.8, 4) is 0 Å². The second kappa shape index (κ2) is 4.80. The highest BCUT2D eigenvalue weighted by Gasteiger charge is 2.36. The van der Waals surface area contributed by atoms with Gasteiger partial charge in [0.2, 0.25) is 5.91 Å². The van der Waals surface area contributed by atoms with Crippen LogP contribution in [0.5, 0.6) is 0 Å². The average Bonchev–Trinajstić information content (AvgIpc) is 2.89. The summed E-state index contributed by atoms with van der Waals surface area (Å²) in [5.74, 6) is -0.747. The number of rotatable bonds is 4. The number of oxazole rings is 1. The van der Waals surface area contributed by atoms with E-state index in [0.717, 1.165) is 12.8 Å². The maximum Gasteiger partial charge on any atom is 0.358 e. The molecule has 1 saturated heterocycles. The second-order valence-electron chi connectivity index (χ2n) is 4.75. The number of carboxylic acid groups (broad SMARTS) is 1. The lowest BCUT2D eigenvalue weighted by molar-refractivity contribution is -0.131. The van der Waals surface area contributed by atoms with Gasteiger partial charge in [0.1, 0.15) is 0 Å². The van der Waals surface area contributed by atoms with Gasteiger partial charge in [0.05, 0.1) is 6.04 Å². The maximum absolute atomic E-state index is 11.8. The van der Waals surface area contributed by atoms with Crippen LogP contribution < -0.4 is 0 Å². The minimum Gasteiger partial charge on any atom is -0.476 e. The van der Waals surface area contributed by atoms with Gasteiger partial charge in [-0.2, -0.15) is 0 Å². The summed E-state index contributed by atoms with van der Waals surface area (Å²) >= 11 is 0. The number of hydrogen-bond donors (Lipinski definition) is 1. The minimum absolute atomic E-state index is 0.0430. The van der Waals surface area contributed by atoms with Crippen molar-refractivity contribution in [3.05, 3.63) is 17.8 Å². The molecule has 2 heterocycles. The number of aromatic carboxylic acids is 1. The number of likely N-dealkylation sites (tertiary alicyclic amines) is 1. The van der Waals surface area contributed by atoms with Gasteiger partial charge in [-0.15, -0.1) is 0 Å². The monoisotopic (exact) mass is 252 g/mol. The first kappa shape index (κ1) is 12.6. The molecule has 1 aliphatic heterocycles. The van der Waals surface area contributed by atoms with E-state index in [-0.39, 0.29) is 29.3 Å². The van der Waals surface area contributed by atoms with Gasteiger partial charge in [-0.1, -0.05) is 13.8 Å². The molecule has 0 aromatic carbocycles. The predicted molar refractivity (Wildman–Crippen MR) is 62.0 cm³/mol. The van der Waals surface area contributed by atoms with Crippen molar-refractivity contribution in [2.75, 3.05) is 6.54 Å². The zero-order chi connectivity index (χ0) is 13.3. The number of carbonyl (C=O) groups excluding carboxylic acids is 1. The fraction of sp³-hybridized carbons (Fsp3) is 0.583. The van der Waals surface area contributed by atoms with Crippen molar-refractivity contribution < 1.29 is 19.1 Å². The Kier molecular flexibility index (Phi) is 3.36. The summed E-state index contributed by atoms with van der Waals surface area (Å²) in [4.78, 5) is 28.3. The van der Waals surface area contributed by atoms with Crippen LogP contribution in [0, 0.1) is 5.92 Å². The number of aromatic nitrogens is 1. The lowest BCUT2D eigenvalue weighted by atomic mass is 9.98. The van der Waals surface area contributed by atoms with E-state index in [1.54, 1.807) is 4.90 Å². The molecule has 18 heavy (non-hydrogen) atoms. The van der Waals surface area contributed by atoms with Crippen LogP contribution in [-0.2, 0) is 4.79 Å². The zero-order valence-corrected chi connectivity index (χ0v) is 10.4. The first-order chi connectivity index (χ1) is 8.52. The van der Waals surface area contributed by atoms with Crippen LogP contribution in [0.15, 0.2) is 10.8 Å². The van der Waals surface area contributed by atoms with Crippen molar-refractivity contribution in [3.63, 3.8) is 0 Å². The second-order valence-corrected chi connectivity index (χ2v) is 4.75. The van der Waals surface area contributed by atoms with Gasteiger partial charge in [-0.3, -0.25) is 4.79 Å². The molecule has 1 amide bonds. The van der Waals surface area contributed by atoms with E-state index in [4.69, 9.17) is 9.52 Å². The molecular formula is C12H16N2O4.